The third-order valence-corrected chi connectivity index (χ3v) is 4.12. The first-order valence-corrected chi connectivity index (χ1v) is 7.12. The Bertz CT molecular complexity index is 942. The molecule has 20 heavy (non-hydrogen) atoms. The van der Waals surface area contributed by atoms with Crippen molar-refractivity contribution in [3.05, 3.63) is 41.1 Å². The molecule has 4 aromatic rings. The highest BCUT2D eigenvalue weighted by atomic mass is 35.5. The summed E-state index contributed by atoms with van der Waals surface area (Å²) < 4.78 is 2.72. The number of benzene rings is 1. The van der Waals surface area contributed by atoms with Crippen LogP contribution in [0.25, 0.3) is 26.9 Å². The number of thiophene rings is 1. The summed E-state index contributed by atoms with van der Waals surface area (Å²) in [5, 5.41) is 7.53. The molecule has 3 heterocycles. The second-order valence-electron chi connectivity index (χ2n) is 4.33. The molecule has 0 bridgehead atoms. The van der Waals surface area contributed by atoms with Crippen LogP contribution in [0.15, 0.2) is 35.8 Å². The summed E-state index contributed by atoms with van der Waals surface area (Å²) >= 11 is 7.56. The number of hydrogen-bond acceptors (Lipinski definition) is 5. The van der Waals surface area contributed by atoms with Crippen LogP contribution >= 0.6 is 22.9 Å². The summed E-state index contributed by atoms with van der Waals surface area (Å²) in [5.74, 6) is 0.690. The van der Waals surface area contributed by atoms with Crippen molar-refractivity contribution < 1.29 is 0 Å². The van der Waals surface area contributed by atoms with Crippen LogP contribution in [0.4, 0.5) is 5.69 Å². The molecule has 0 saturated heterocycles. The summed E-state index contributed by atoms with van der Waals surface area (Å²) in [7, 11) is 0. The van der Waals surface area contributed by atoms with Crippen molar-refractivity contribution in [1.29, 1.82) is 0 Å². The van der Waals surface area contributed by atoms with E-state index in [4.69, 9.17) is 17.3 Å². The SMILES string of the molecule is Nc1ccc2c(cnn2-c2nc(Cl)nc3ccsc23)c1. The van der Waals surface area contributed by atoms with Crippen LogP contribution in [-0.2, 0) is 0 Å². The molecule has 4 rings (SSSR count). The summed E-state index contributed by atoms with van der Waals surface area (Å²) in [6.07, 6.45) is 1.77. The van der Waals surface area contributed by atoms with E-state index in [1.54, 1.807) is 22.2 Å². The van der Waals surface area contributed by atoms with Crippen LogP contribution < -0.4 is 5.73 Å². The van der Waals surface area contributed by atoms with Gasteiger partial charge in [0.1, 0.15) is 0 Å². The monoisotopic (exact) mass is 301 g/mol. The maximum Gasteiger partial charge on any atom is 0.225 e. The molecule has 7 heteroatoms. The van der Waals surface area contributed by atoms with Crippen LogP contribution in [-0.4, -0.2) is 19.7 Å². The van der Waals surface area contributed by atoms with Crippen LogP contribution in [0, 0.1) is 0 Å². The van der Waals surface area contributed by atoms with Gasteiger partial charge in [0.15, 0.2) is 5.82 Å². The van der Waals surface area contributed by atoms with Gasteiger partial charge in [0.05, 0.1) is 21.9 Å². The first-order chi connectivity index (χ1) is 9.72. The Balaban J connectivity index is 2.08. The highest BCUT2D eigenvalue weighted by Gasteiger charge is 2.13. The van der Waals surface area contributed by atoms with Gasteiger partial charge in [-0.05, 0) is 41.2 Å². The zero-order valence-corrected chi connectivity index (χ0v) is 11.7. The van der Waals surface area contributed by atoms with Crippen molar-refractivity contribution in [3.8, 4) is 5.82 Å². The Morgan fingerprint density at radius 1 is 1.20 bits per heavy atom. The highest BCUT2D eigenvalue weighted by Crippen LogP contribution is 2.28. The number of fused-ring (bicyclic) bond motifs is 2. The molecule has 0 radical (unpaired) electrons. The zero-order valence-electron chi connectivity index (χ0n) is 10.1. The normalized spacial score (nSPS) is 11.4. The summed E-state index contributed by atoms with van der Waals surface area (Å²) in [4.78, 5) is 8.53. The van der Waals surface area contributed by atoms with E-state index in [2.05, 4.69) is 15.1 Å². The lowest BCUT2D eigenvalue weighted by atomic mass is 10.2. The molecular formula is C13H8ClN5S. The maximum absolute atomic E-state index is 6.00. The van der Waals surface area contributed by atoms with Crippen molar-refractivity contribution in [2.24, 2.45) is 0 Å². The van der Waals surface area contributed by atoms with E-state index in [0.717, 1.165) is 21.1 Å². The lowest BCUT2D eigenvalue weighted by Crippen LogP contribution is -2.01. The molecule has 0 aliphatic heterocycles. The molecule has 0 saturated carbocycles. The number of aromatic nitrogens is 4. The van der Waals surface area contributed by atoms with E-state index in [0.29, 0.717) is 11.5 Å². The zero-order chi connectivity index (χ0) is 13.7. The molecule has 0 unspecified atom stereocenters. The molecule has 2 N–H and O–H groups in total. The topological polar surface area (TPSA) is 69.6 Å². The van der Waals surface area contributed by atoms with Gasteiger partial charge in [0, 0.05) is 11.1 Å². The lowest BCUT2D eigenvalue weighted by Gasteiger charge is -2.04. The number of nitrogens with zero attached hydrogens (tertiary/aromatic N) is 4. The van der Waals surface area contributed by atoms with Gasteiger partial charge in [0.2, 0.25) is 5.28 Å². The number of rotatable bonds is 1. The van der Waals surface area contributed by atoms with Gasteiger partial charge >= 0.3 is 0 Å². The van der Waals surface area contributed by atoms with Gasteiger partial charge in [-0.15, -0.1) is 11.3 Å². The highest BCUT2D eigenvalue weighted by molar-refractivity contribution is 7.17. The van der Waals surface area contributed by atoms with E-state index in [-0.39, 0.29) is 5.28 Å². The minimum atomic E-state index is 0.213. The Morgan fingerprint density at radius 3 is 3.00 bits per heavy atom. The third kappa shape index (κ3) is 1.65. The molecule has 0 spiro atoms. The van der Waals surface area contributed by atoms with Gasteiger partial charge in [-0.25, -0.2) is 9.67 Å². The van der Waals surface area contributed by atoms with Crippen LogP contribution in [0.2, 0.25) is 5.28 Å². The van der Waals surface area contributed by atoms with Crippen molar-refractivity contribution in [1.82, 2.24) is 19.7 Å². The maximum atomic E-state index is 6.00. The van der Waals surface area contributed by atoms with E-state index < -0.39 is 0 Å². The molecule has 1 aromatic carbocycles. The number of nitrogen functional groups attached to an aromatic ring is 1. The second-order valence-corrected chi connectivity index (χ2v) is 5.58. The van der Waals surface area contributed by atoms with Gasteiger partial charge in [-0.2, -0.15) is 10.1 Å². The van der Waals surface area contributed by atoms with Crippen molar-refractivity contribution in [2.45, 2.75) is 0 Å². The molecule has 3 aromatic heterocycles. The van der Waals surface area contributed by atoms with Crippen LogP contribution in [0.1, 0.15) is 0 Å². The fourth-order valence-electron chi connectivity index (χ4n) is 2.18. The second kappa shape index (κ2) is 4.16. The van der Waals surface area contributed by atoms with Gasteiger partial charge in [0.25, 0.3) is 0 Å². The average molecular weight is 302 g/mol. The molecule has 0 fully saturated rings. The minimum Gasteiger partial charge on any atom is -0.399 e. The Hall–Kier alpha value is -2.18. The predicted molar refractivity (Wildman–Crippen MR) is 81.5 cm³/mol. The molecule has 0 amide bonds. The van der Waals surface area contributed by atoms with E-state index in [1.807, 2.05) is 29.6 Å². The molecule has 0 atom stereocenters. The quantitative estimate of drug-likeness (QED) is 0.433. The van der Waals surface area contributed by atoms with Crippen LogP contribution in [0.5, 0.6) is 0 Å². The fourth-order valence-corrected chi connectivity index (χ4v) is 3.16. The summed E-state index contributed by atoms with van der Waals surface area (Å²) in [6, 6.07) is 7.57. The molecule has 98 valence electrons. The van der Waals surface area contributed by atoms with Crippen molar-refractivity contribution in [2.75, 3.05) is 5.73 Å². The van der Waals surface area contributed by atoms with E-state index in [9.17, 15) is 0 Å². The lowest BCUT2D eigenvalue weighted by molar-refractivity contribution is 0.880. The summed E-state index contributed by atoms with van der Waals surface area (Å²) in [5.41, 5.74) is 8.25. The molecule has 5 nitrogen and oxygen atoms in total. The minimum absolute atomic E-state index is 0.213. The van der Waals surface area contributed by atoms with Crippen molar-refractivity contribution >= 4 is 49.7 Å². The molecule has 0 aliphatic carbocycles. The number of halogens is 1. The smallest absolute Gasteiger partial charge is 0.225 e. The molecule has 0 aliphatic rings. The number of nitrogens with two attached hydrogens (primary N) is 1. The van der Waals surface area contributed by atoms with Crippen molar-refractivity contribution in [3.63, 3.8) is 0 Å². The van der Waals surface area contributed by atoms with Gasteiger partial charge in [-0.1, -0.05) is 0 Å². The Kier molecular flexibility index (Phi) is 2.42. The Labute approximate surface area is 122 Å². The van der Waals surface area contributed by atoms with Crippen LogP contribution in [0.3, 0.4) is 0 Å². The predicted octanol–water partition coefficient (Wildman–Crippen LogP) is 3.27. The third-order valence-electron chi connectivity index (χ3n) is 3.05. The molecular weight excluding hydrogens is 294 g/mol. The fraction of sp³-hybridized carbons (Fsp3) is 0. The Morgan fingerprint density at radius 2 is 2.10 bits per heavy atom. The van der Waals surface area contributed by atoms with Gasteiger partial charge in [-0.3, -0.25) is 0 Å². The first-order valence-electron chi connectivity index (χ1n) is 5.87. The van der Waals surface area contributed by atoms with E-state index in [1.165, 1.54) is 0 Å². The van der Waals surface area contributed by atoms with E-state index >= 15 is 0 Å². The first kappa shape index (κ1) is 11.6. The van der Waals surface area contributed by atoms with Gasteiger partial charge < -0.3 is 5.73 Å². The largest absolute Gasteiger partial charge is 0.399 e. The average Bonchev–Trinajstić information content (AvgIpc) is 3.03. The number of anilines is 1. The standard InChI is InChI=1S/C13H8ClN5S/c14-13-17-9-3-4-20-11(9)12(18-13)19-10-2-1-8(15)5-7(10)6-16-19/h1-6H,15H2. The summed E-state index contributed by atoms with van der Waals surface area (Å²) in [6.45, 7) is 0. The number of hydrogen-bond donors (Lipinski definition) is 1.